The number of nitrogens with one attached hydrogen (secondary N) is 2. The van der Waals surface area contributed by atoms with Gasteiger partial charge in [-0.3, -0.25) is 4.79 Å². The molecule has 106 valence electrons. The third-order valence-electron chi connectivity index (χ3n) is 3.49. The number of nitrogens with zero attached hydrogens (tertiary/aromatic N) is 2. The second-order valence-electron chi connectivity index (χ2n) is 5.53. The molecule has 0 radical (unpaired) electrons. The third kappa shape index (κ3) is 4.06. The van der Waals surface area contributed by atoms with Crippen LogP contribution in [-0.2, 0) is 11.3 Å². The van der Waals surface area contributed by atoms with Crippen molar-refractivity contribution in [3.05, 3.63) is 18.2 Å². The summed E-state index contributed by atoms with van der Waals surface area (Å²) < 4.78 is 2.12. The van der Waals surface area contributed by atoms with Crippen molar-refractivity contribution in [1.82, 2.24) is 20.2 Å². The lowest BCUT2D eigenvalue weighted by molar-refractivity contribution is -0.121. The summed E-state index contributed by atoms with van der Waals surface area (Å²) >= 11 is 0. The third-order valence-corrected chi connectivity index (χ3v) is 3.49. The maximum absolute atomic E-state index is 11.7. The fraction of sp³-hybridized carbons (Fsp3) is 0.714. The zero-order chi connectivity index (χ0) is 13.7. The maximum Gasteiger partial charge on any atom is 0.221 e. The molecule has 1 aromatic heterocycles. The quantitative estimate of drug-likeness (QED) is 0.842. The average Bonchev–Trinajstić information content (AvgIpc) is 2.85. The number of piperidine rings is 1. The van der Waals surface area contributed by atoms with Crippen molar-refractivity contribution < 1.29 is 4.79 Å². The topological polar surface area (TPSA) is 59.0 Å². The van der Waals surface area contributed by atoms with E-state index in [1.165, 1.54) is 18.5 Å². The molecule has 0 aromatic carbocycles. The van der Waals surface area contributed by atoms with Gasteiger partial charge in [0.15, 0.2) is 0 Å². The SMILES string of the molecule is CC(C)NC(=O)CCn1cncc1C1CCCNC1. The highest BCUT2D eigenvalue weighted by atomic mass is 16.1. The molecule has 1 fully saturated rings. The van der Waals surface area contributed by atoms with Gasteiger partial charge in [0.05, 0.1) is 6.33 Å². The fourth-order valence-corrected chi connectivity index (χ4v) is 2.58. The van der Waals surface area contributed by atoms with Crippen LogP contribution in [-0.4, -0.2) is 34.6 Å². The van der Waals surface area contributed by atoms with Crippen LogP contribution in [0.15, 0.2) is 12.5 Å². The number of carbonyl (C=O) groups is 1. The molecule has 1 atom stereocenters. The molecule has 1 aliphatic rings. The molecule has 0 spiro atoms. The van der Waals surface area contributed by atoms with Gasteiger partial charge in [0.25, 0.3) is 0 Å². The Morgan fingerprint density at radius 2 is 2.47 bits per heavy atom. The van der Waals surface area contributed by atoms with E-state index in [2.05, 4.69) is 20.2 Å². The lowest BCUT2D eigenvalue weighted by Gasteiger charge is -2.23. The molecule has 2 heterocycles. The molecule has 1 aromatic rings. The summed E-state index contributed by atoms with van der Waals surface area (Å²) in [5.41, 5.74) is 1.25. The molecule has 2 N–H and O–H groups in total. The van der Waals surface area contributed by atoms with Crippen LogP contribution in [0.25, 0.3) is 0 Å². The molecule has 5 nitrogen and oxygen atoms in total. The van der Waals surface area contributed by atoms with Gasteiger partial charge in [-0.2, -0.15) is 0 Å². The summed E-state index contributed by atoms with van der Waals surface area (Å²) in [5, 5.41) is 6.34. The molecule has 0 bridgehead atoms. The summed E-state index contributed by atoms with van der Waals surface area (Å²) in [7, 11) is 0. The number of imidazole rings is 1. The molecule has 2 rings (SSSR count). The summed E-state index contributed by atoms with van der Waals surface area (Å²) in [4.78, 5) is 15.9. The predicted octanol–water partition coefficient (Wildman–Crippen LogP) is 1.26. The van der Waals surface area contributed by atoms with Gasteiger partial charge in [0, 0.05) is 43.4 Å². The van der Waals surface area contributed by atoms with Gasteiger partial charge in [-0.15, -0.1) is 0 Å². The minimum atomic E-state index is 0.108. The van der Waals surface area contributed by atoms with Crippen LogP contribution in [0.2, 0.25) is 0 Å². The van der Waals surface area contributed by atoms with Gasteiger partial charge in [-0.1, -0.05) is 0 Å². The minimum absolute atomic E-state index is 0.108. The predicted molar refractivity (Wildman–Crippen MR) is 75.0 cm³/mol. The van der Waals surface area contributed by atoms with Crippen molar-refractivity contribution in [3.8, 4) is 0 Å². The Morgan fingerprint density at radius 1 is 1.63 bits per heavy atom. The first-order chi connectivity index (χ1) is 9.16. The number of rotatable bonds is 5. The molecule has 0 aliphatic carbocycles. The Labute approximate surface area is 114 Å². The van der Waals surface area contributed by atoms with Crippen molar-refractivity contribution in [2.24, 2.45) is 0 Å². The van der Waals surface area contributed by atoms with Crippen LogP contribution in [0.1, 0.15) is 44.7 Å². The van der Waals surface area contributed by atoms with E-state index in [0.717, 1.165) is 13.1 Å². The summed E-state index contributed by atoms with van der Waals surface area (Å²) in [6.07, 6.45) is 6.72. The van der Waals surface area contributed by atoms with E-state index in [-0.39, 0.29) is 11.9 Å². The zero-order valence-electron chi connectivity index (χ0n) is 11.9. The van der Waals surface area contributed by atoms with Gasteiger partial charge >= 0.3 is 0 Å². The van der Waals surface area contributed by atoms with E-state index >= 15 is 0 Å². The normalized spacial score (nSPS) is 19.6. The molecule has 1 unspecified atom stereocenters. The highest BCUT2D eigenvalue weighted by Crippen LogP contribution is 2.22. The molecular formula is C14H24N4O. The summed E-state index contributed by atoms with van der Waals surface area (Å²) in [5.74, 6) is 0.640. The van der Waals surface area contributed by atoms with E-state index in [9.17, 15) is 4.79 Å². The highest BCUT2D eigenvalue weighted by Gasteiger charge is 2.18. The van der Waals surface area contributed by atoms with Gasteiger partial charge < -0.3 is 15.2 Å². The molecule has 1 amide bonds. The molecule has 1 aliphatic heterocycles. The number of aryl methyl sites for hydroxylation is 1. The highest BCUT2D eigenvalue weighted by molar-refractivity contribution is 5.76. The summed E-state index contributed by atoms with van der Waals surface area (Å²) in [6, 6.07) is 0.206. The second-order valence-corrected chi connectivity index (χ2v) is 5.53. The van der Waals surface area contributed by atoms with E-state index < -0.39 is 0 Å². The largest absolute Gasteiger partial charge is 0.354 e. The Balaban J connectivity index is 1.90. The smallest absolute Gasteiger partial charge is 0.221 e. The molecule has 19 heavy (non-hydrogen) atoms. The van der Waals surface area contributed by atoms with Crippen molar-refractivity contribution >= 4 is 5.91 Å². The van der Waals surface area contributed by atoms with Crippen LogP contribution in [0.5, 0.6) is 0 Å². The first-order valence-corrected chi connectivity index (χ1v) is 7.17. The fourth-order valence-electron chi connectivity index (χ4n) is 2.58. The standard InChI is InChI=1S/C14H24N4O/c1-11(2)17-14(19)5-7-18-10-16-9-13(18)12-4-3-6-15-8-12/h9-12,15H,3-8H2,1-2H3,(H,17,19). The van der Waals surface area contributed by atoms with Crippen molar-refractivity contribution in [1.29, 1.82) is 0 Å². The number of carbonyl (C=O) groups excluding carboxylic acids is 1. The van der Waals surface area contributed by atoms with Crippen molar-refractivity contribution in [2.45, 2.75) is 51.6 Å². The molecule has 1 saturated heterocycles. The average molecular weight is 264 g/mol. The van der Waals surface area contributed by atoms with Gasteiger partial charge in [0.2, 0.25) is 5.91 Å². The Hall–Kier alpha value is -1.36. The van der Waals surface area contributed by atoms with E-state index in [1.807, 2.05) is 26.4 Å². The van der Waals surface area contributed by atoms with Crippen molar-refractivity contribution in [2.75, 3.05) is 13.1 Å². The number of hydrogen-bond donors (Lipinski definition) is 2. The first kappa shape index (κ1) is 14.1. The van der Waals surface area contributed by atoms with Crippen LogP contribution >= 0.6 is 0 Å². The van der Waals surface area contributed by atoms with Gasteiger partial charge in [0.1, 0.15) is 0 Å². The first-order valence-electron chi connectivity index (χ1n) is 7.17. The van der Waals surface area contributed by atoms with E-state index in [0.29, 0.717) is 18.9 Å². The number of aromatic nitrogens is 2. The van der Waals surface area contributed by atoms with E-state index in [4.69, 9.17) is 0 Å². The minimum Gasteiger partial charge on any atom is -0.354 e. The Kier molecular flexibility index (Phi) is 4.96. The molecular weight excluding hydrogens is 240 g/mol. The maximum atomic E-state index is 11.7. The van der Waals surface area contributed by atoms with Gasteiger partial charge in [-0.05, 0) is 33.2 Å². The Bertz CT molecular complexity index is 407. The number of amides is 1. The van der Waals surface area contributed by atoms with Crippen LogP contribution in [0, 0.1) is 0 Å². The van der Waals surface area contributed by atoms with Gasteiger partial charge in [-0.25, -0.2) is 4.98 Å². The molecule has 0 saturated carbocycles. The van der Waals surface area contributed by atoms with E-state index in [1.54, 1.807) is 0 Å². The Morgan fingerprint density at radius 3 is 3.16 bits per heavy atom. The lowest BCUT2D eigenvalue weighted by atomic mass is 9.96. The van der Waals surface area contributed by atoms with Crippen LogP contribution in [0.4, 0.5) is 0 Å². The second kappa shape index (κ2) is 6.70. The lowest BCUT2D eigenvalue weighted by Crippen LogP contribution is -2.31. The van der Waals surface area contributed by atoms with Crippen LogP contribution < -0.4 is 10.6 Å². The number of hydrogen-bond acceptors (Lipinski definition) is 3. The molecule has 5 heteroatoms. The zero-order valence-corrected chi connectivity index (χ0v) is 11.9. The summed E-state index contributed by atoms with van der Waals surface area (Å²) in [6.45, 7) is 6.80. The van der Waals surface area contributed by atoms with Crippen LogP contribution in [0.3, 0.4) is 0 Å². The monoisotopic (exact) mass is 264 g/mol. The van der Waals surface area contributed by atoms with Crippen molar-refractivity contribution in [3.63, 3.8) is 0 Å².